The van der Waals surface area contributed by atoms with Gasteiger partial charge in [-0.25, -0.2) is 4.79 Å². The zero-order valence-electron chi connectivity index (χ0n) is 19.7. The van der Waals surface area contributed by atoms with Crippen LogP contribution in [0.2, 0.25) is 0 Å². The van der Waals surface area contributed by atoms with Crippen LogP contribution in [0, 0.1) is 6.92 Å². The second-order valence-electron chi connectivity index (χ2n) is 8.03. The first-order chi connectivity index (χ1) is 16.0. The Balaban J connectivity index is 1.77. The molecule has 7 heteroatoms. The summed E-state index contributed by atoms with van der Waals surface area (Å²) in [7, 11) is 4.52. The van der Waals surface area contributed by atoms with Crippen molar-refractivity contribution < 1.29 is 23.8 Å². The number of nitrogens with one attached hydrogen (secondary N) is 1. The number of nitrogens with zero attached hydrogens (tertiary/aromatic N) is 1. The standard InChI is InChI=1S/C26H32N2O5/c1-18-23(31-2)15-20(16-24(18)32-3)25(29)28(14-8-11-19-9-6-5-7-10-19)17-21-12-13-22(27-21)26(30)33-4/h5-7,9-10,13,15-16,21,27H,8,11-12,14,17H2,1-4H3. The fourth-order valence-electron chi connectivity index (χ4n) is 4.02. The molecule has 1 atom stereocenters. The van der Waals surface area contributed by atoms with Crippen LogP contribution in [0.15, 0.2) is 54.2 Å². The molecule has 7 nitrogen and oxygen atoms in total. The van der Waals surface area contributed by atoms with E-state index in [1.54, 1.807) is 26.4 Å². The molecule has 1 aliphatic rings. The lowest BCUT2D eigenvalue weighted by Gasteiger charge is -2.27. The molecule has 0 spiro atoms. The predicted molar refractivity (Wildman–Crippen MR) is 127 cm³/mol. The second kappa shape index (κ2) is 11.4. The summed E-state index contributed by atoms with van der Waals surface area (Å²) in [5.41, 5.74) is 3.03. The summed E-state index contributed by atoms with van der Waals surface area (Å²) in [5.74, 6) is 0.714. The molecule has 2 aromatic carbocycles. The highest BCUT2D eigenvalue weighted by Gasteiger charge is 2.26. The van der Waals surface area contributed by atoms with E-state index in [0.29, 0.717) is 42.3 Å². The topological polar surface area (TPSA) is 77.1 Å². The van der Waals surface area contributed by atoms with Gasteiger partial charge in [0.2, 0.25) is 0 Å². The Labute approximate surface area is 195 Å². The van der Waals surface area contributed by atoms with E-state index in [-0.39, 0.29) is 11.9 Å². The van der Waals surface area contributed by atoms with Gasteiger partial charge in [0, 0.05) is 30.3 Å². The van der Waals surface area contributed by atoms with E-state index in [9.17, 15) is 9.59 Å². The number of esters is 1. The van der Waals surface area contributed by atoms with Gasteiger partial charge in [0.1, 0.15) is 17.2 Å². The van der Waals surface area contributed by atoms with Gasteiger partial charge in [-0.3, -0.25) is 4.79 Å². The van der Waals surface area contributed by atoms with E-state index < -0.39 is 5.97 Å². The largest absolute Gasteiger partial charge is 0.496 e. The van der Waals surface area contributed by atoms with Gasteiger partial charge in [-0.15, -0.1) is 0 Å². The quantitative estimate of drug-likeness (QED) is 0.556. The number of aryl methyl sites for hydroxylation is 1. The monoisotopic (exact) mass is 452 g/mol. The number of ether oxygens (including phenoxy) is 3. The Hall–Kier alpha value is -3.48. The van der Waals surface area contributed by atoms with E-state index in [2.05, 4.69) is 17.4 Å². The van der Waals surface area contributed by atoms with Crippen molar-refractivity contribution in [2.45, 2.75) is 32.2 Å². The fourth-order valence-corrected chi connectivity index (χ4v) is 4.02. The first-order valence-corrected chi connectivity index (χ1v) is 11.1. The first kappa shape index (κ1) is 24.2. The lowest BCUT2D eigenvalue weighted by Crippen LogP contribution is -2.42. The number of carbonyl (C=O) groups is 2. The van der Waals surface area contributed by atoms with Crippen LogP contribution >= 0.6 is 0 Å². The Morgan fingerprint density at radius 2 is 1.73 bits per heavy atom. The maximum atomic E-state index is 13.6. The van der Waals surface area contributed by atoms with E-state index in [0.717, 1.165) is 18.4 Å². The Morgan fingerprint density at radius 1 is 1.06 bits per heavy atom. The summed E-state index contributed by atoms with van der Waals surface area (Å²) in [5, 5.41) is 3.18. The summed E-state index contributed by atoms with van der Waals surface area (Å²) in [4.78, 5) is 27.2. The third-order valence-corrected chi connectivity index (χ3v) is 5.83. The molecule has 0 radical (unpaired) electrons. The lowest BCUT2D eigenvalue weighted by molar-refractivity contribution is -0.136. The molecule has 0 fully saturated rings. The lowest BCUT2D eigenvalue weighted by atomic mass is 10.1. The minimum absolute atomic E-state index is 0.0611. The first-order valence-electron chi connectivity index (χ1n) is 11.1. The van der Waals surface area contributed by atoms with Gasteiger partial charge >= 0.3 is 5.97 Å². The molecule has 2 aromatic rings. The van der Waals surface area contributed by atoms with Crippen molar-refractivity contribution >= 4 is 11.9 Å². The highest BCUT2D eigenvalue weighted by atomic mass is 16.5. The fraction of sp³-hybridized carbons (Fsp3) is 0.385. The summed E-state index contributed by atoms with van der Waals surface area (Å²) >= 11 is 0. The molecule has 1 amide bonds. The minimum Gasteiger partial charge on any atom is -0.496 e. The SMILES string of the molecule is COC(=O)C1=CCC(CN(CCCc2ccccc2)C(=O)c2cc(OC)c(C)c(OC)c2)N1. The van der Waals surface area contributed by atoms with Crippen LogP contribution in [0.25, 0.3) is 0 Å². The third-order valence-electron chi connectivity index (χ3n) is 5.83. The van der Waals surface area contributed by atoms with Crippen molar-refractivity contribution in [2.75, 3.05) is 34.4 Å². The highest BCUT2D eigenvalue weighted by molar-refractivity contribution is 5.95. The number of hydrogen-bond acceptors (Lipinski definition) is 6. The number of hydrogen-bond donors (Lipinski definition) is 1. The molecular weight excluding hydrogens is 420 g/mol. The molecular formula is C26H32N2O5. The maximum absolute atomic E-state index is 13.6. The highest BCUT2D eigenvalue weighted by Crippen LogP contribution is 2.30. The van der Waals surface area contributed by atoms with Gasteiger partial charge in [-0.2, -0.15) is 0 Å². The van der Waals surface area contributed by atoms with Crippen molar-refractivity contribution in [1.29, 1.82) is 0 Å². The minimum atomic E-state index is -0.396. The van der Waals surface area contributed by atoms with Crippen molar-refractivity contribution in [3.8, 4) is 11.5 Å². The Bertz CT molecular complexity index is 978. The molecule has 0 saturated heterocycles. The van der Waals surface area contributed by atoms with Gasteiger partial charge in [0.25, 0.3) is 5.91 Å². The number of methoxy groups -OCH3 is 3. The van der Waals surface area contributed by atoms with Crippen LogP contribution in [0.3, 0.4) is 0 Å². The maximum Gasteiger partial charge on any atom is 0.353 e. The third kappa shape index (κ3) is 6.06. The van der Waals surface area contributed by atoms with Crippen LogP contribution in [0.4, 0.5) is 0 Å². The molecule has 0 bridgehead atoms. The zero-order chi connectivity index (χ0) is 23.8. The number of amides is 1. The van der Waals surface area contributed by atoms with E-state index >= 15 is 0 Å². The zero-order valence-corrected chi connectivity index (χ0v) is 19.7. The molecule has 0 saturated carbocycles. The molecule has 3 rings (SSSR count). The van der Waals surface area contributed by atoms with Crippen LogP contribution in [-0.4, -0.2) is 57.2 Å². The smallest absolute Gasteiger partial charge is 0.353 e. The van der Waals surface area contributed by atoms with Crippen molar-refractivity contribution in [3.05, 3.63) is 70.9 Å². The Kier molecular flexibility index (Phi) is 8.35. The van der Waals surface area contributed by atoms with Crippen molar-refractivity contribution in [3.63, 3.8) is 0 Å². The van der Waals surface area contributed by atoms with E-state index in [1.807, 2.05) is 36.1 Å². The van der Waals surface area contributed by atoms with Gasteiger partial charge in [-0.1, -0.05) is 36.4 Å². The van der Waals surface area contributed by atoms with Gasteiger partial charge in [-0.05, 0) is 43.9 Å². The predicted octanol–water partition coefficient (Wildman–Crippen LogP) is 3.51. The van der Waals surface area contributed by atoms with E-state index in [1.165, 1.54) is 12.7 Å². The number of carbonyl (C=O) groups excluding carboxylic acids is 2. The summed E-state index contributed by atoms with van der Waals surface area (Å²) in [6.07, 6.45) is 4.16. The summed E-state index contributed by atoms with van der Waals surface area (Å²) < 4.78 is 15.7. The molecule has 33 heavy (non-hydrogen) atoms. The molecule has 0 aliphatic carbocycles. The van der Waals surface area contributed by atoms with E-state index in [4.69, 9.17) is 14.2 Å². The number of benzene rings is 2. The van der Waals surface area contributed by atoms with Crippen LogP contribution in [0.1, 0.15) is 34.3 Å². The molecule has 1 heterocycles. The van der Waals surface area contributed by atoms with Crippen LogP contribution in [-0.2, 0) is 16.0 Å². The average Bonchev–Trinajstić information content (AvgIpc) is 3.32. The normalized spacial score (nSPS) is 14.8. The van der Waals surface area contributed by atoms with Gasteiger partial charge in [0.05, 0.1) is 21.3 Å². The molecule has 1 N–H and O–H groups in total. The van der Waals surface area contributed by atoms with Crippen molar-refractivity contribution in [2.24, 2.45) is 0 Å². The average molecular weight is 453 g/mol. The number of rotatable bonds is 10. The summed E-state index contributed by atoms with van der Waals surface area (Å²) in [6, 6.07) is 13.7. The van der Waals surface area contributed by atoms with Crippen LogP contribution in [0.5, 0.6) is 11.5 Å². The van der Waals surface area contributed by atoms with Crippen LogP contribution < -0.4 is 14.8 Å². The Morgan fingerprint density at radius 3 is 2.33 bits per heavy atom. The summed E-state index contributed by atoms with van der Waals surface area (Å²) in [6.45, 7) is 2.94. The molecule has 1 unspecified atom stereocenters. The molecule has 176 valence electrons. The van der Waals surface area contributed by atoms with Crippen molar-refractivity contribution in [1.82, 2.24) is 10.2 Å². The molecule has 1 aliphatic heterocycles. The van der Waals surface area contributed by atoms with Gasteiger partial charge in [0.15, 0.2) is 0 Å². The van der Waals surface area contributed by atoms with Gasteiger partial charge < -0.3 is 24.4 Å². The molecule has 0 aromatic heterocycles. The second-order valence-corrected chi connectivity index (χ2v) is 8.03.